The van der Waals surface area contributed by atoms with Crippen LogP contribution in [-0.2, 0) is 10.0 Å². The number of likely N-dealkylation sites (tertiary alicyclic amines) is 1. The average molecular weight is 386 g/mol. The van der Waals surface area contributed by atoms with E-state index in [1.165, 1.54) is 44.5 Å². The topological polar surface area (TPSA) is 65.9 Å². The third-order valence-electron chi connectivity index (χ3n) is 4.50. The number of rotatable bonds is 6. The molecular weight excluding hydrogens is 356 g/mol. The highest BCUT2D eigenvalue weighted by Gasteiger charge is 2.22. The van der Waals surface area contributed by atoms with Gasteiger partial charge in [0.2, 0.25) is 10.0 Å². The van der Waals surface area contributed by atoms with Crippen LogP contribution in [0.15, 0.2) is 29.2 Å². The highest BCUT2D eigenvalue weighted by molar-refractivity contribution is 7.89. The number of nitrogens with zero attached hydrogens (tertiary/aromatic N) is 1. The highest BCUT2D eigenvalue weighted by atomic mass is 32.2. The Morgan fingerprint density at radius 2 is 2.00 bits per heavy atom. The zero-order chi connectivity index (χ0) is 18.4. The van der Waals surface area contributed by atoms with Crippen LogP contribution in [0.25, 0.3) is 0 Å². The molecule has 0 unspecified atom stereocenters. The molecule has 1 aliphatic rings. The molecule has 0 atom stereocenters. The van der Waals surface area contributed by atoms with E-state index in [1.54, 1.807) is 23.1 Å². The van der Waals surface area contributed by atoms with Gasteiger partial charge in [-0.3, -0.25) is 0 Å². The summed E-state index contributed by atoms with van der Waals surface area (Å²) in [6.07, 6.45) is 3.43. The van der Waals surface area contributed by atoms with Crippen LogP contribution in [-0.4, -0.2) is 57.6 Å². The molecule has 0 bridgehead atoms. The maximum absolute atomic E-state index is 12.2. The van der Waals surface area contributed by atoms with E-state index in [0.717, 1.165) is 12.8 Å². The number of piperidine rings is 1. The van der Waals surface area contributed by atoms with E-state index < -0.39 is 10.0 Å². The number of benzene rings is 1. The fourth-order valence-corrected chi connectivity index (χ4v) is 4.30. The summed E-state index contributed by atoms with van der Waals surface area (Å²) in [5.74, 6) is 0. The summed E-state index contributed by atoms with van der Waals surface area (Å²) in [6, 6.07) is 7.11. The Kier molecular flexibility index (Phi) is 7.18. The van der Waals surface area contributed by atoms with Gasteiger partial charge in [0.15, 0.2) is 5.11 Å². The molecule has 1 heterocycles. The van der Waals surface area contributed by atoms with Crippen molar-refractivity contribution in [2.24, 2.45) is 0 Å². The molecule has 0 aromatic heterocycles. The fourth-order valence-electron chi connectivity index (χ4n) is 3.07. The highest BCUT2D eigenvalue weighted by Crippen LogP contribution is 2.18. The third kappa shape index (κ3) is 5.64. The molecule has 8 heteroatoms. The molecule has 3 N–H and O–H groups in total. The van der Waals surface area contributed by atoms with Gasteiger partial charge in [0.05, 0.1) is 24.5 Å². The molecule has 0 saturated carbocycles. The van der Waals surface area contributed by atoms with Gasteiger partial charge in [0.1, 0.15) is 0 Å². The van der Waals surface area contributed by atoms with Crippen molar-refractivity contribution in [1.29, 1.82) is 0 Å². The van der Waals surface area contributed by atoms with E-state index in [9.17, 15) is 8.42 Å². The first-order valence-electron chi connectivity index (χ1n) is 8.76. The second-order valence-electron chi connectivity index (χ2n) is 6.69. The van der Waals surface area contributed by atoms with Gasteiger partial charge >= 0.3 is 0 Å². The van der Waals surface area contributed by atoms with E-state index in [0.29, 0.717) is 16.8 Å². The van der Waals surface area contributed by atoms with Gasteiger partial charge in [-0.15, -0.1) is 0 Å². The lowest BCUT2D eigenvalue weighted by Gasteiger charge is -2.30. The summed E-state index contributed by atoms with van der Waals surface area (Å²) in [7, 11) is -0.402. The molecule has 1 aliphatic heterocycles. The van der Waals surface area contributed by atoms with Gasteiger partial charge in [-0.2, -0.15) is 0 Å². The van der Waals surface area contributed by atoms with Crippen LogP contribution in [0.2, 0.25) is 0 Å². The first-order valence-corrected chi connectivity index (χ1v) is 10.6. The van der Waals surface area contributed by atoms with Crippen molar-refractivity contribution in [2.75, 3.05) is 39.0 Å². The molecule has 6 nitrogen and oxygen atoms in total. The lowest BCUT2D eigenvalue weighted by Crippen LogP contribution is -3.13. The maximum Gasteiger partial charge on any atom is 0.242 e. The molecule has 2 rings (SSSR count). The van der Waals surface area contributed by atoms with E-state index in [1.807, 2.05) is 6.07 Å². The second kappa shape index (κ2) is 8.93. The van der Waals surface area contributed by atoms with Crippen LogP contribution in [0, 0.1) is 0 Å². The lowest BCUT2D eigenvalue weighted by atomic mass is 10.1. The molecule has 25 heavy (non-hydrogen) atoms. The lowest BCUT2D eigenvalue weighted by molar-refractivity contribution is -0.905. The van der Waals surface area contributed by atoms with E-state index >= 15 is 0 Å². The summed E-state index contributed by atoms with van der Waals surface area (Å²) in [5.41, 5.74) is 0.675. The van der Waals surface area contributed by atoms with Crippen molar-refractivity contribution in [1.82, 2.24) is 9.62 Å². The van der Waals surface area contributed by atoms with Crippen molar-refractivity contribution in [3.63, 3.8) is 0 Å². The molecule has 1 aromatic rings. The number of hydrogen-bond donors (Lipinski definition) is 3. The Labute approximate surface area is 156 Å². The smallest absolute Gasteiger partial charge is 0.242 e. The van der Waals surface area contributed by atoms with Crippen molar-refractivity contribution in [3.8, 4) is 0 Å². The molecular formula is C17H29N4O2S2+. The average Bonchev–Trinajstić information content (AvgIpc) is 2.57. The predicted octanol–water partition coefficient (Wildman–Crippen LogP) is 0.681. The normalized spacial score (nSPS) is 21.1. The first-order chi connectivity index (χ1) is 11.8. The Hall–Kier alpha value is -1.22. The minimum atomic E-state index is -3.45. The third-order valence-corrected chi connectivity index (χ3v) is 6.53. The first kappa shape index (κ1) is 20.1. The van der Waals surface area contributed by atoms with Crippen LogP contribution in [0.1, 0.15) is 26.2 Å². The Balaban J connectivity index is 1.91. The van der Waals surface area contributed by atoms with Crippen molar-refractivity contribution in [2.45, 2.75) is 37.1 Å². The Morgan fingerprint density at radius 1 is 1.32 bits per heavy atom. The van der Waals surface area contributed by atoms with Crippen LogP contribution in [0.5, 0.6) is 0 Å². The van der Waals surface area contributed by atoms with Crippen molar-refractivity contribution >= 4 is 33.0 Å². The van der Waals surface area contributed by atoms with Crippen molar-refractivity contribution < 1.29 is 13.3 Å². The SMILES string of the molecule is CCC[NH+]1CCC(NC(=S)Nc2cccc(S(=O)(=O)N(C)C)c2)CC1. The maximum atomic E-state index is 12.2. The van der Waals surface area contributed by atoms with Gasteiger partial charge < -0.3 is 15.5 Å². The van der Waals surface area contributed by atoms with Crippen LogP contribution < -0.4 is 15.5 Å². The number of sulfonamides is 1. The van der Waals surface area contributed by atoms with Crippen LogP contribution in [0.3, 0.4) is 0 Å². The zero-order valence-electron chi connectivity index (χ0n) is 15.2. The van der Waals surface area contributed by atoms with E-state index in [4.69, 9.17) is 12.2 Å². The summed E-state index contributed by atoms with van der Waals surface area (Å²) in [5, 5.41) is 7.01. The predicted molar refractivity (Wildman–Crippen MR) is 106 cm³/mol. The van der Waals surface area contributed by atoms with Gasteiger partial charge in [0.25, 0.3) is 0 Å². The number of hydrogen-bond acceptors (Lipinski definition) is 3. The number of thiocarbonyl (C=S) groups is 1. The largest absolute Gasteiger partial charge is 0.359 e. The van der Waals surface area contributed by atoms with Gasteiger partial charge in [-0.25, -0.2) is 12.7 Å². The summed E-state index contributed by atoms with van der Waals surface area (Å²) < 4.78 is 25.6. The van der Waals surface area contributed by atoms with Gasteiger partial charge in [0, 0.05) is 38.7 Å². The van der Waals surface area contributed by atoms with Gasteiger partial charge in [-0.05, 0) is 36.8 Å². The van der Waals surface area contributed by atoms with E-state index in [2.05, 4.69) is 17.6 Å². The minimum absolute atomic E-state index is 0.252. The number of quaternary nitrogens is 1. The van der Waals surface area contributed by atoms with Crippen molar-refractivity contribution in [3.05, 3.63) is 24.3 Å². The summed E-state index contributed by atoms with van der Waals surface area (Å²) in [4.78, 5) is 1.92. The number of nitrogens with one attached hydrogen (secondary N) is 3. The van der Waals surface area contributed by atoms with Crippen LogP contribution >= 0.6 is 12.2 Å². The molecule has 0 aliphatic carbocycles. The summed E-state index contributed by atoms with van der Waals surface area (Å²) >= 11 is 5.40. The molecule has 140 valence electrons. The van der Waals surface area contributed by atoms with Gasteiger partial charge in [-0.1, -0.05) is 13.0 Å². The second-order valence-corrected chi connectivity index (χ2v) is 9.25. The molecule has 1 saturated heterocycles. The Morgan fingerprint density at radius 3 is 2.60 bits per heavy atom. The minimum Gasteiger partial charge on any atom is -0.359 e. The molecule has 0 amide bonds. The standard InChI is InChI=1S/C17H28N4O2S2/c1-4-10-21-11-8-14(9-12-21)18-17(24)19-15-6-5-7-16(13-15)25(22,23)20(2)3/h5-7,13-14H,4,8-12H2,1-3H3,(H2,18,19,24)/p+1. The Bertz CT molecular complexity index is 684. The molecule has 1 aromatic carbocycles. The summed E-state index contributed by atoms with van der Waals surface area (Å²) in [6.45, 7) is 5.80. The molecule has 0 spiro atoms. The monoisotopic (exact) mass is 385 g/mol. The van der Waals surface area contributed by atoms with Crippen LogP contribution in [0.4, 0.5) is 5.69 Å². The zero-order valence-corrected chi connectivity index (χ0v) is 16.8. The molecule has 0 radical (unpaired) electrons. The fraction of sp³-hybridized carbons (Fsp3) is 0.588. The quantitative estimate of drug-likeness (QED) is 0.629. The molecule has 1 fully saturated rings. The number of anilines is 1. The van der Waals surface area contributed by atoms with E-state index in [-0.39, 0.29) is 4.90 Å².